The van der Waals surface area contributed by atoms with E-state index in [1.165, 1.54) is 10.6 Å². The van der Waals surface area contributed by atoms with E-state index in [4.69, 9.17) is 4.74 Å². The van der Waals surface area contributed by atoms with Crippen LogP contribution in [0.2, 0.25) is 0 Å². The van der Waals surface area contributed by atoms with Crippen LogP contribution in [0.1, 0.15) is 38.1 Å². The van der Waals surface area contributed by atoms with E-state index >= 15 is 0 Å². The second-order valence-corrected chi connectivity index (χ2v) is 8.70. The zero-order valence-electron chi connectivity index (χ0n) is 18.6. The predicted molar refractivity (Wildman–Crippen MR) is 120 cm³/mol. The first-order chi connectivity index (χ1) is 15.5. The summed E-state index contributed by atoms with van der Waals surface area (Å²) < 4.78 is 35.3. The number of aromatic nitrogens is 3. The number of aliphatic carboxylic acids is 1. The molecule has 0 saturated carbocycles. The van der Waals surface area contributed by atoms with E-state index in [0.717, 1.165) is 17.7 Å². The minimum absolute atomic E-state index is 0.221. The molecule has 1 unspecified atom stereocenters. The monoisotopic (exact) mass is 451 g/mol. The Hall–Kier alpha value is -3.65. The molecule has 6 nitrogen and oxygen atoms in total. The number of carboxylic acid groups (broad SMARTS) is 1. The van der Waals surface area contributed by atoms with Gasteiger partial charge in [0, 0.05) is 28.5 Å². The number of halogens is 2. The predicted octanol–water partition coefficient (Wildman–Crippen LogP) is 5.59. The van der Waals surface area contributed by atoms with E-state index in [1.54, 1.807) is 33.8 Å². The van der Waals surface area contributed by atoms with Crippen LogP contribution < -0.4 is 0 Å². The Morgan fingerprint density at radius 3 is 2.33 bits per heavy atom. The molecular weight excluding hydrogens is 428 g/mol. The third-order valence-electron chi connectivity index (χ3n) is 5.05. The molecule has 2 aromatic carbocycles. The number of benzene rings is 2. The number of ether oxygens (including phenoxy) is 1. The Kier molecular flexibility index (Phi) is 5.71. The van der Waals surface area contributed by atoms with Gasteiger partial charge in [-0.1, -0.05) is 30.3 Å². The summed E-state index contributed by atoms with van der Waals surface area (Å²) in [5.74, 6) is -3.29. The summed E-state index contributed by atoms with van der Waals surface area (Å²) in [6.45, 7) is 6.88. The quantitative estimate of drug-likeness (QED) is 0.428. The van der Waals surface area contributed by atoms with E-state index in [9.17, 15) is 18.7 Å². The molecular formula is C25H23F2N3O3. The molecule has 0 bridgehead atoms. The number of hydrogen-bond donors (Lipinski definition) is 1. The van der Waals surface area contributed by atoms with Gasteiger partial charge in [-0.05, 0) is 45.9 Å². The Balaban J connectivity index is 2.06. The molecule has 0 aliphatic rings. The molecule has 0 aliphatic carbocycles. The molecule has 2 aromatic heterocycles. The van der Waals surface area contributed by atoms with Gasteiger partial charge in [0.05, 0.1) is 17.0 Å². The minimum Gasteiger partial charge on any atom is -0.479 e. The second-order valence-electron chi connectivity index (χ2n) is 8.70. The summed E-state index contributed by atoms with van der Waals surface area (Å²) in [6, 6.07) is 14.6. The standard InChI is InChI=1S/C25H23F2N3O3/c1-14-21(23(24(31)32)33-25(2,3)4)22(16-10-11-17(26)18(27)12-16)30-20(28-14)13-19(29-30)15-8-6-5-7-9-15/h5-13,23H,1-4H3,(H,31,32). The highest BCUT2D eigenvalue weighted by molar-refractivity contribution is 5.81. The van der Waals surface area contributed by atoms with Crippen LogP contribution in [0.5, 0.6) is 0 Å². The molecule has 0 aliphatic heterocycles. The van der Waals surface area contributed by atoms with Crippen molar-refractivity contribution < 1.29 is 23.4 Å². The molecule has 0 spiro atoms. The lowest BCUT2D eigenvalue weighted by atomic mass is 9.98. The van der Waals surface area contributed by atoms with Gasteiger partial charge in [0.1, 0.15) is 0 Å². The highest BCUT2D eigenvalue weighted by Gasteiger charge is 2.33. The zero-order valence-corrected chi connectivity index (χ0v) is 18.6. The van der Waals surface area contributed by atoms with Crippen LogP contribution in [-0.4, -0.2) is 31.3 Å². The van der Waals surface area contributed by atoms with Gasteiger partial charge in [-0.15, -0.1) is 0 Å². The van der Waals surface area contributed by atoms with Gasteiger partial charge in [0.25, 0.3) is 0 Å². The first-order valence-electron chi connectivity index (χ1n) is 10.4. The Labute approximate surface area is 189 Å². The van der Waals surface area contributed by atoms with Crippen LogP contribution >= 0.6 is 0 Å². The number of carboxylic acids is 1. The topological polar surface area (TPSA) is 76.7 Å². The number of hydrogen-bond acceptors (Lipinski definition) is 4. The molecule has 8 heteroatoms. The summed E-state index contributed by atoms with van der Waals surface area (Å²) in [5.41, 5.74) is 2.22. The number of aryl methyl sites for hydroxylation is 1. The van der Waals surface area contributed by atoms with Gasteiger partial charge >= 0.3 is 5.97 Å². The molecule has 0 amide bonds. The lowest BCUT2D eigenvalue weighted by Crippen LogP contribution is -2.29. The molecule has 0 fully saturated rings. The number of nitrogens with zero attached hydrogens (tertiary/aromatic N) is 3. The number of rotatable bonds is 5. The average Bonchev–Trinajstić information content (AvgIpc) is 3.17. The fraction of sp³-hybridized carbons (Fsp3) is 0.240. The summed E-state index contributed by atoms with van der Waals surface area (Å²) in [6.07, 6.45) is -1.41. The third-order valence-corrected chi connectivity index (χ3v) is 5.05. The van der Waals surface area contributed by atoms with Gasteiger partial charge in [-0.25, -0.2) is 23.1 Å². The highest BCUT2D eigenvalue weighted by Crippen LogP contribution is 2.36. The van der Waals surface area contributed by atoms with E-state index in [-0.39, 0.29) is 16.8 Å². The van der Waals surface area contributed by atoms with Crippen molar-refractivity contribution in [3.05, 3.63) is 77.5 Å². The van der Waals surface area contributed by atoms with Crippen molar-refractivity contribution in [2.24, 2.45) is 0 Å². The summed E-state index contributed by atoms with van der Waals surface area (Å²) in [5, 5.41) is 14.7. The Morgan fingerprint density at radius 1 is 1.03 bits per heavy atom. The van der Waals surface area contributed by atoms with Crippen LogP contribution in [0.4, 0.5) is 8.78 Å². The van der Waals surface area contributed by atoms with Gasteiger partial charge in [0.15, 0.2) is 23.4 Å². The fourth-order valence-electron chi connectivity index (χ4n) is 3.70. The largest absolute Gasteiger partial charge is 0.479 e. The summed E-state index contributed by atoms with van der Waals surface area (Å²) in [4.78, 5) is 16.9. The minimum atomic E-state index is -1.41. The first-order valence-corrected chi connectivity index (χ1v) is 10.4. The van der Waals surface area contributed by atoms with Crippen LogP contribution in [0, 0.1) is 18.6 Å². The van der Waals surface area contributed by atoms with Crippen molar-refractivity contribution in [2.75, 3.05) is 0 Å². The van der Waals surface area contributed by atoms with Crippen molar-refractivity contribution in [1.82, 2.24) is 14.6 Å². The molecule has 33 heavy (non-hydrogen) atoms. The van der Waals surface area contributed by atoms with Gasteiger partial charge in [-0.3, -0.25) is 0 Å². The molecule has 1 N–H and O–H groups in total. The second kappa shape index (κ2) is 8.37. The highest BCUT2D eigenvalue weighted by atomic mass is 19.2. The maximum atomic E-state index is 14.2. The van der Waals surface area contributed by atoms with Crippen molar-refractivity contribution in [3.63, 3.8) is 0 Å². The number of carbonyl (C=O) groups is 1. The fourth-order valence-corrected chi connectivity index (χ4v) is 3.70. The molecule has 4 rings (SSSR count). The maximum Gasteiger partial charge on any atom is 0.337 e. The lowest BCUT2D eigenvalue weighted by molar-refractivity contribution is -0.160. The Morgan fingerprint density at radius 2 is 1.73 bits per heavy atom. The SMILES string of the molecule is Cc1nc2cc(-c3ccccc3)nn2c(-c2ccc(F)c(F)c2)c1C(OC(C)(C)C)C(=O)O. The van der Waals surface area contributed by atoms with Crippen LogP contribution in [0.15, 0.2) is 54.6 Å². The zero-order chi connectivity index (χ0) is 23.9. The molecule has 0 saturated heterocycles. The molecule has 1 atom stereocenters. The van der Waals surface area contributed by atoms with Crippen molar-refractivity contribution >= 4 is 11.6 Å². The molecule has 2 heterocycles. The van der Waals surface area contributed by atoms with E-state index in [0.29, 0.717) is 17.0 Å². The normalized spacial score (nSPS) is 12.8. The van der Waals surface area contributed by atoms with Crippen molar-refractivity contribution in [3.8, 4) is 22.5 Å². The van der Waals surface area contributed by atoms with Gasteiger partial charge < -0.3 is 9.84 Å². The third kappa shape index (κ3) is 4.47. The van der Waals surface area contributed by atoms with E-state index < -0.39 is 29.3 Å². The smallest absolute Gasteiger partial charge is 0.337 e. The summed E-state index contributed by atoms with van der Waals surface area (Å²) in [7, 11) is 0. The maximum absolute atomic E-state index is 14.2. The number of fused-ring (bicyclic) bond motifs is 1. The molecule has 170 valence electrons. The molecule has 0 radical (unpaired) electrons. The van der Waals surface area contributed by atoms with Crippen molar-refractivity contribution in [2.45, 2.75) is 39.4 Å². The Bertz CT molecular complexity index is 1340. The lowest BCUT2D eigenvalue weighted by Gasteiger charge is -2.27. The molecule has 4 aromatic rings. The van der Waals surface area contributed by atoms with Crippen molar-refractivity contribution in [1.29, 1.82) is 0 Å². The first kappa shape index (κ1) is 22.5. The van der Waals surface area contributed by atoms with E-state index in [2.05, 4.69) is 10.1 Å². The summed E-state index contributed by atoms with van der Waals surface area (Å²) >= 11 is 0. The van der Waals surface area contributed by atoms with E-state index in [1.807, 2.05) is 30.3 Å². The van der Waals surface area contributed by atoms with Crippen LogP contribution in [-0.2, 0) is 9.53 Å². The average molecular weight is 451 g/mol. The van der Waals surface area contributed by atoms with Crippen LogP contribution in [0.3, 0.4) is 0 Å². The van der Waals surface area contributed by atoms with Gasteiger partial charge in [0.2, 0.25) is 0 Å². The van der Waals surface area contributed by atoms with Crippen LogP contribution in [0.25, 0.3) is 28.2 Å². The van der Waals surface area contributed by atoms with Gasteiger partial charge in [-0.2, -0.15) is 5.10 Å².